The summed E-state index contributed by atoms with van der Waals surface area (Å²) in [6.07, 6.45) is 0.662. The molecule has 0 amide bonds. The summed E-state index contributed by atoms with van der Waals surface area (Å²) in [5.41, 5.74) is 2.46. The number of nitrogens with one attached hydrogen (secondary N) is 1. The lowest BCUT2D eigenvalue weighted by atomic mass is 10.0. The van der Waals surface area contributed by atoms with E-state index in [0.29, 0.717) is 24.5 Å². The third kappa shape index (κ3) is 3.46. The molecule has 0 fully saturated rings. The van der Waals surface area contributed by atoms with Gasteiger partial charge in [0.25, 0.3) is 5.56 Å². The summed E-state index contributed by atoms with van der Waals surface area (Å²) in [5, 5.41) is 0.428. The molecule has 0 aliphatic carbocycles. The molecule has 0 bridgehead atoms. The van der Waals surface area contributed by atoms with E-state index in [1.165, 1.54) is 12.1 Å². The summed E-state index contributed by atoms with van der Waals surface area (Å²) in [6, 6.07) is 4.45. The van der Waals surface area contributed by atoms with Crippen LogP contribution in [-0.2, 0) is 19.5 Å². The van der Waals surface area contributed by atoms with Crippen LogP contribution >= 0.6 is 11.6 Å². The monoisotopic (exact) mass is 335 g/mol. The minimum Gasteiger partial charge on any atom is -0.310 e. The molecule has 1 aliphatic heterocycles. The maximum absolute atomic E-state index is 13.1. The Balaban J connectivity index is 1.83. The summed E-state index contributed by atoms with van der Waals surface area (Å²) < 4.78 is 13.1. The van der Waals surface area contributed by atoms with E-state index in [1.807, 2.05) is 13.8 Å². The van der Waals surface area contributed by atoms with E-state index >= 15 is 0 Å². The highest BCUT2D eigenvalue weighted by Crippen LogP contribution is 2.22. The molecule has 1 N–H and O–H groups in total. The molecule has 6 heteroatoms. The zero-order valence-corrected chi connectivity index (χ0v) is 14.0. The lowest BCUT2D eigenvalue weighted by molar-refractivity contribution is 0.240. The zero-order chi connectivity index (χ0) is 16.6. The first-order valence-electron chi connectivity index (χ1n) is 7.72. The van der Waals surface area contributed by atoms with Gasteiger partial charge in [0.2, 0.25) is 0 Å². The molecule has 0 saturated heterocycles. The number of hydrogen-bond donors (Lipinski definition) is 1. The lowest BCUT2D eigenvalue weighted by Gasteiger charge is -2.28. The van der Waals surface area contributed by atoms with Gasteiger partial charge in [-0.1, -0.05) is 31.5 Å². The molecule has 3 rings (SSSR count). The SMILES string of the molecule is CC(C)c1nc2c(c(=O)[nH]1)CCN(Cc1ccc(F)cc1Cl)C2. The summed E-state index contributed by atoms with van der Waals surface area (Å²) >= 11 is 6.10. The maximum atomic E-state index is 13.1. The topological polar surface area (TPSA) is 49.0 Å². The number of fused-ring (bicyclic) bond motifs is 1. The normalized spacial score (nSPS) is 15.0. The Hall–Kier alpha value is -1.72. The largest absolute Gasteiger partial charge is 0.310 e. The van der Waals surface area contributed by atoms with Crippen molar-refractivity contribution in [1.29, 1.82) is 0 Å². The summed E-state index contributed by atoms with van der Waals surface area (Å²) in [7, 11) is 0. The van der Waals surface area contributed by atoms with E-state index in [-0.39, 0.29) is 17.3 Å². The molecule has 1 aromatic carbocycles. The van der Waals surface area contributed by atoms with E-state index < -0.39 is 0 Å². The van der Waals surface area contributed by atoms with Crippen molar-refractivity contribution < 1.29 is 4.39 Å². The summed E-state index contributed by atoms with van der Waals surface area (Å²) in [5.74, 6) is 0.558. The second-order valence-corrected chi connectivity index (χ2v) is 6.63. The van der Waals surface area contributed by atoms with Crippen LogP contribution in [0.2, 0.25) is 5.02 Å². The Morgan fingerprint density at radius 1 is 1.43 bits per heavy atom. The van der Waals surface area contributed by atoms with Crippen LogP contribution in [0.15, 0.2) is 23.0 Å². The third-order valence-electron chi connectivity index (χ3n) is 4.13. The van der Waals surface area contributed by atoms with Gasteiger partial charge in [-0.2, -0.15) is 0 Å². The first-order valence-corrected chi connectivity index (χ1v) is 8.10. The molecular formula is C17H19ClFN3O. The van der Waals surface area contributed by atoms with Gasteiger partial charge in [0.15, 0.2) is 0 Å². The number of aromatic amines is 1. The fourth-order valence-corrected chi connectivity index (χ4v) is 3.04. The van der Waals surface area contributed by atoms with Gasteiger partial charge in [-0.15, -0.1) is 0 Å². The van der Waals surface area contributed by atoms with Crippen LogP contribution in [0.5, 0.6) is 0 Å². The predicted molar refractivity (Wildman–Crippen MR) is 88.2 cm³/mol. The highest BCUT2D eigenvalue weighted by molar-refractivity contribution is 6.31. The van der Waals surface area contributed by atoms with Crippen LogP contribution < -0.4 is 5.56 Å². The molecule has 1 aromatic heterocycles. The molecule has 23 heavy (non-hydrogen) atoms. The van der Waals surface area contributed by atoms with Gasteiger partial charge >= 0.3 is 0 Å². The van der Waals surface area contributed by atoms with Crippen molar-refractivity contribution in [2.45, 2.75) is 39.3 Å². The van der Waals surface area contributed by atoms with E-state index in [2.05, 4.69) is 14.9 Å². The van der Waals surface area contributed by atoms with Crippen LogP contribution in [0.1, 0.15) is 42.4 Å². The molecule has 0 spiro atoms. The maximum Gasteiger partial charge on any atom is 0.254 e. The number of H-pyrrole nitrogens is 1. The van der Waals surface area contributed by atoms with Crippen LogP contribution in [0.4, 0.5) is 4.39 Å². The van der Waals surface area contributed by atoms with E-state index in [0.717, 1.165) is 29.2 Å². The number of halogens is 2. The third-order valence-corrected chi connectivity index (χ3v) is 4.48. The van der Waals surface area contributed by atoms with Crippen molar-refractivity contribution >= 4 is 11.6 Å². The molecule has 122 valence electrons. The van der Waals surface area contributed by atoms with Crippen molar-refractivity contribution in [3.8, 4) is 0 Å². The molecule has 2 aromatic rings. The minimum absolute atomic E-state index is 0.0295. The fourth-order valence-electron chi connectivity index (χ4n) is 2.81. The molecule has 0 unspecified atom stereocenters. The van der Waals surface area contributed by atoms with Crippen molar-refractivity contribution in [3.63, 3.8) is 0 Å². The highest BCUT2D eigenvalue weighted by Gasteiger charge is 2.22. The predicted octanol–water partition coefficient (Wildman–Crippen LogP) is 3.24. The van der Waals surface area contributed by atoms with Crippen molar-refractivity contribution in [2.75, 3.05) is 6.54 Å². The average Bonchev–Trinajstić information content (AvgIpc) is 2.49. The first-order chi connectivity index (χ1) is 10.9. The van der Waals surface area contributed by atoms with Gasteiger partial charge < -0.3 is 4.98 Å². The van der Waals surface area contributed by atoms with Gasteiger partial charge in [0, 0.05) is 36.1 Å². The second-order valence-electron chi connectivity index (χ2n) is 6.23. The van der Waals surface area contributed by atoms with Gasteiger partial charge in [-0.25, -0.2) is 9.37 Å². The zero-order valence-electron chi connectivity index (χ0n) is 13.2. The van der Waals surface area contributed by atoms with Crippen LogP contribution in [0.25, 0.3) is 0 Å². The minimum atomic E-state index is -0.336. The smallest absolute Gasteiger partial charge is 0.254 e. The fraction of sp³-hybridized carbons (Fsp3) is 0.412. The second kappa shape index (κ2) is 6.42. The average molecular weight is 336 g/mol. The number of rotatable bonds is 3. The molecule has 0 radical (unpaired) electrons. The Kier molecular flexibility index (Phi) is 4.50. The van der Waals surface area contributed by atoms with E-state index in [9.17, 15) is 9.18 Å². The Morgan fingerprint density at radius 2 is 2.22 bits per heavy atom. The molecule has 0 saturated carbocycles. The summed E-state index contributed by atoms with van der Waals surface area (Å²) in [6.45, 7) is 5.98. The Labute approximate surface area is 139 Å². The Bertz CT molecular complexity index is 788. The van der Waals surface area contributed by atoms with Gasteiger partial charge in [-0.3, -0.25) is 9.69 Å². The van der Waals surface area contributed by atoms with Gasteiger partial charge in [-0.05, 0) is 24.1 Å². The molecular weight excluding hydrogens is 317 g/mol. The Morgan fingerprint density at radius 3 is 2.91 bits per heavy atom. The molecule has 4 nitrogen and oxygen atoms in total. The van der Waals surface area contributed by atoms with Crippen LogP contribution in [0, 0.1) is 5.82 Å². The van der Waals surface area contributed by atoms with Crippen LogP contribution in [0.3, 0.4) is 0 Å². The van der Waals surface area contributed by atoms with Gasteiger partial charge in [0.1, 0.15) is 11.6 Å². The first kappa shape index (κ1) is 16.1. The number of benzene rings is 1. The number of aromatic nitrogens is 2. The van der Waals surface area contributed by atoms with E-state index in [1.54, 1.807) is 6.07 Å². The van der Waals surface area contributed by atoms with Crippen molar-refractivity contribution in [2.24, 2.45) is 0 Å². The standard InChI is InChI=1S/C17H19ClFN3O/c1-10(2)16-20-15-9-22(6-5-13(15)17(23)21-16)8-11-3-4-12(19)7-14(11)18/h3-4,7,10H,5-6,8-9H2,1-2H3,(H,20,21,23). The summed E-state index contributed by atoms with van der Waals surface area (Å²) in [4.78, 5) is 21.8. The van der Waals surface area contributed by atoms with Crippen molar-refractivity contribution in [1.82, 2.24) is 14.9 Å². The molecule has 0 atom stereocenters. The highest BCUT2D eigenvalue weighted by atomic mass is 35.5. The number of nitrogens with zero attached hydrogens (tertiary/aromatic N) is 2. The van der Waals surface area contributed by atoms with Crippen molar-refractivity contribution in [3.05, 3.63) is 62.0 Å². The van der Waals surface area contributed by atoms with Crippen LogP contribution in [-0.4, -0.2) is 21.4 Å². The number of hydrogen-bond acceptors (Lipinski definition) is 3. The molecule has 1 aliphatic rings. The van der Waals surface area contributed by atoms with Gasteiger partial charge in [0.05, 0.1) is 5.69 Å². The van der Waals surface area contributed by atoms with E-state index in [4.69, 9.17) is 11.6 Å². The quantitative estimate of drug-likeness (QED) is 0.936. The molecule has 2 heterocycles. The lowest BCUT2D eigenvalue weighted by Crippen LogP contribution is -2.35.